The van der Waals surface area contributed by atoms with E-state index in [1.54, 1.807) is 17.8 Å². The molecule has 25 heavy (non-hydrogen) atoms. The molecule has 3 rings (SSSR count). The minimum atomic E-state index is -0.243. The van der Waals surface area contributed by atoms with E-state index in [0.717, 1.165) is 18.5 Å². The molecule has 0 aliphatic carbocycles. The van der Waals surface area contributed by atoms with E-state index in [1.807, 2.05) is 18.7 Å². The first-order valence-electron chi connectivity index (χ1n) is 8.48. The maximum absolute atomic E-state index is 13.2. The fraction of sp³-hybridized carbons (Fsp3) is 0.562. The zero-order valence-electron chi connectivity index (χ0n) is 14.7. The molecule has 3 amide bonds. The summed E-state index contributed by atoms with van der Waals surface area (Å²) < 4.78 is 1.63. The second kappa shape index (κ2) is 7.04. The van der Waals surface area contributed by atoms with Crippen LogP contribution in [-0.2, 0) is 0 Å². The molecule has 0 saturated carbocycles. The summed E-state index contributed by atoms with van der Waals surface area (Å²) in [4.78, 5) is 34.7. The summed E-state index contributed by atoms with van der Waals surface area (Å²) in [6.45, 7) is 5.14. The average molecular weight is 345 g/mol. The van der Waals surface area contributed by atoms with E-state index in [9.17, 15) is 9.59 Å². The molecule has 3 heterocycles. The highest BCUT2D eigenvalue weighted by atomic mass is 16.2. The molecule has 2 aromatic rings. The molecule has 2 aromatic heterocycles. The number of hydrogen-bond donors (Lipinski definition) is 2. The molecule has 1 unspecified atom stereocenters. The molecule has 1 fully saturated rings. The first-order chi connectivity index (χ1) is 12.0. The smallest absolute Gasteiger partial charge is 0.314 e. The van der Waals surface area contributed by atoms with E-state index in [2.05, 4.69) is 25.7 Å². The number of rotatable bonds is 4. The Morgan fingerprint density at radius 3 is 2.88 bits per heavy atom. The van der Waals surface area contributed by atoms with Crippen molar-refractivity contribution >= 4 is 17.7 Å². The monoisotopic (exact) mass is 345 g/mol. The van der Waals surface area contributed by atoms with Crippen molar-refractivity contribution in [3.8, 4) is 0 Å². The van der Waals surface area contributed by atoms with Crippen molar-refractivity contribution in [1.29, 1.82) is 0 Å². The van der Waals surface area contributed by atoms with Gasteiger partial charge in [0.05, 0.1) is 11.3 Å². The fourth-order valence-corrected chi connectivity index (χ4v) is 3.29. The summed E-state index contributed by atoms with van der Waals surface area (Å²) in [5.41, 5.74) is 1.34. The molecule has 0 bridgehead atoms. The number of carbonyl (C=O) groups is 2. The molecule has 1 atom stereocenters. The van der Waals surface area contributed by atoms with Crippen LogP contribution in [0.25, 0.3) is 5.78 Å². The normalized spacial score (nSPS) is 17.3. The standard InChI is InChI=1S/C16H23N7O2/c1-10(2)13-12(8-18-15-20-9-21-23(13)15)14(24)22-6-4-5-11(22)7-19-16(25)17-3/h8-11H,4-7H2,1-3H3,(H2,17,19,25). The summed E-state index contributed by atoms with van der Waals surface area (Å²) in [7, 11) is 1.57. The van der Waals surface area contributed by atoms with Crippen LogP contribution in [0.15, 0.2) is 12.5 Å². The number of urea groups is 1. The van der Waals surface area contributed by atoms with Crippen LogP contribution in [0, 0.1) is 0 Å². The second-order valence-corrected chi connectivity index (χ2v) is 6.44. The van der Waals surface area contributed by atoms with Gasteiger partial charge in [0.1, 0.15) is 6.33 Å². The summed E-state index contributed by atoms with van der Waals surface area (Å²) >= 11 is 0. The molecular formula is C16H23N7O2. The molecule has 0 aromatic carbocycles. The lowest BCUT2D eigenvalue weighted by Gasteiger charge is -2.26. The van der Waals surface area contributed by atoms with Crippen molar-refractivity contribution in [2.45, 2.75) is 38.6 Å². The van der Waals surface area contributed by atoms with Crippen LogP contribution in [0.1, 0.15) is 48.7 Å². The number of likely N-dealkylation sites (tertiary alicyclic amines) is 1. The van der Waals surface area contributed by atoms with Gasteiger partial charge in [0.2, 0.25) is 0 Å². The van der Waals surface area contributed by atoms with Crippen LogP contribution in [-0.4, -0.2) is 62.6 Å². The van der Waals surface area contributed by atoms with Crippen molar-refractivity contribution in [3.63, 3.8) is 0 Å². The summed E-state index contributed by atoms with van der Waals surface area (Å²) in [6.07, 6.45) is 4.81. The number of aromatic nitrogens is 4. The van der Waals surface area contributed by atoms with E-state index in [0.29, 0.717) is 24.4 Å². The van der Waals surface area contributed by atoms with Crippen LogP contribution in [0.4, 0.5) is 4.79 Å². The van der Waals surface area contributed by atoms with E-state index in [-0.39, 0.29) is 23.9 Å². The zero-order valence-corrected chi connectivity index (χ0v) is 14.7. The number of nitrogens with zero attached hydrogens (tertiary/aromatic N) is 5. The van der Waals surface area contributed by atoms with Crippen LogP contribution in [0.5, 0.6) is 0 Å². The summed E-state index contributed by atoms with van der Waals surface area (Å²) in [5, 5.41) is 9.52. The minimum Gasteiger partial charge on any atom is -0.341 e. The molecular weight excluding hydrogens is 322 g/mol. The van der Waals surface area contributed by atoms with Gasteiger partial charge in [-0.25, -0.2) is 14.3 Å². The number of nitrogens with one attached hydrogen (secondary N) is 2. The van der Waals surface area contributed by atoms with Crippen LogP contribution < -0.4 is 10.6 Å². The first-order valence-corrected chi connectivity index (χ1v) is 8.48. The first kappa shape index (κ1) is 17.1. The summed E-state index contributed by atoms with van der Waals surface area (Å²) in [6, 6.07) is -0.260. The van der Waals surface area contributed by atoms with Crippen molar-refractivity contribution in [1.82, 2.24) is 35.1 Å². The third kappa shape index (κ3) is 3.26. The Bertz CT molecular complexity index is 786. The van der Waals surface area contributed by atoms with Gasteiger partial charge in [0.15, 0.2) is 0 Å². The van der Waals surface area contributed by atoms with Crippen molar-refractivity contribution < 1.29 is 9.59 Å². The Balaban J connectivity index is 1.88. The van der Waals surface area contributed by atoms with Gasteiger partial charge in [0, 0.05) is 32.4 Å². The van der Waals surface area contributed by atoms with Crippen LogP contribution in [0.3, 0.4) is 0 Å². The lowest BCUT2D eigenvalue weighted by Crippen LogP contribution is -2.45. The highest BCUT2D eigenvalue weighted by Crippen LogP contribution is 2.24. The van der Waals surface area contributed by atoms with Crippen LogP contribution >= 0.6 is 0 Å². The average Bonchev–Trinajstić information content (AvgIpc) is 3.26. The van der Waals surface area contributed by atoms with Gasteiger partial charge >= 0.3 is 6.03 Å². The van der Waals surface area contributed by atoms with Gasteiger partial charge in [-0.15, -0.1) is 0 Å². The van der Waals surface area contributed by atoms with Gasteiger partial charge < -0.3 is 15.5 Å². The Kier molecular flexibility index (Phi) is 4.82. The maximum atomic E-state index is 13.2. The molecule has 9 nitrogen and oxygen atoms in total. The highest BCUT2D eigenvalue weighted by molar-refractivity contribution is 5.95. The van der Waals surface area contributed by atoms with Gasteiger partial charge in [-0.2, -0.15) is 10.1 Å². The number of amides is 3. The summed E-state index contributed by atoms with van der Waals surface area (Å²) in [5.74, 6) is 0.505. The molecule has 2 N–H and O–H groups in total. The van der Waals surface area contributed by atoms with Gasteiger partial charge in [-0.1, -0.05) is 13.8 Å². The predicted molar refractivity (Wildman–Crippen MR) is 91.4 cm³/mol. The molecule has 1 saturated heterocycles. The molecule has 1 aliphatic heterocycles. The maximum Gasteiger partial charge on any atom is 0.314 e. The number of hydrogen-bond acceptors (Lipinski definition) is 5. The van der Waals surface area contributed by atoms with E-state index in [1.165, 1.54) is 6.33 Å². The Labute approximate surface area is 145 Å². The molecule has 1 aliphatic rings. The third-order valence-electron chi connectivity index (χ3n) is 4.48. The highest BCUT2D eigenvalue weighted by Gasteiger charge is 2.32. The van der Waals surface area contributed by atoms with E-state index in [4.69, 9.17) is 0 Å². The predicted octanol–water partition coefficient (Wildman–Crippen LogP) is 0.781. The fourth-order valence-electron chi connectivity index (χ4n) is 3.29. The van der Waals surface area contributed by atoms with Crippen molar-refractivity contribution in [2.24, 2.45) is 0 Å². The molecule has 0 radical (unpaired) electrons. The minimum absolute atomic E-state index is 0.0174. The van der Waals surface area contributed by atoms with E-state index < -0.39 is 0 Å². The largest absolute Gasteiger partial charge is 0.341 e. The lowest BCUT2D eigenvalue weighted by atomic mass is 10.0. The topological polar surface area (TPSA) is 105 Å². The third-order valence-corrected chi connectivity index (χ3v) is 4.48. The van der Waals surface area contributed by atoms with Gasteiger partial charge in [0.25, 0.3) is 11.7 Å². The molecule has 9 heteroatoms. The Morgan fingerprint density at radius 1 is 1.36 bits per heavy atom. The molecule has 134 valence electrons. The van der Waals surface area contributed by atoms with Crippen LogP contribution in [0.2, 0.25) is 0 Å². The Hall–Kier alpha value is -2.71. The second-order valence-electron chi connectivity index (χ2n) is 6.44. The quantitative estimate of drug-likeness (QED) is 0.852. The molecule has 0 spiro atoms. The van der Waals surface area contributed by atoms with Crippen molar-refractivity contribution in [2.75, 3.05) is 20.1 Å². The van der Waals surface area contributed by atoms with Gasteiger partial charge in [-0.3, -0.25) is 4.79 Å². The van der Waals surface area contributed by atoms with Gasteiger partial charge in [-0.05, 0) is 18.8 Å². The van der Waals surface area contributed by atoms with E-state index >= 15 is 0 Å². The number of fused-ring (bicyclic) bond motifs is 1. The number of carbonyl (C=O) groups excluding carboxylic acids is 2. The lowest BCUT2D eigenvalue weighted by molar-refractivity contribution is 0.0733. The van der Waals surface area contributed by atoms with Crippen molar-refractivity contribution in [3.05, 3.63) is 23.8 Å². The Morgan fingerprint density at radius 2 is 2.16 bits per heavy atom. The SMILES string of the molecule is CNC(=O)NCC1CCCN1C(=O)c1cnc2ncnn2c1C(C)C. The zero-order chi connectivity index (χ0) is 18.0.